The number of pyridine rings is 2. The number of aromatic nitrogens is 4. The van der Waals surface area contributed by atoms with Crippen LogP contribution in [-0.2, 0) is 0 Å². The molecule has 0 radical (unpaired) electrons. The van der Waals surface area contributed by atoms with Gasteiger partial charge in [0.15, 0.2) is 17.2 Å². The van der Waals surface area contributed by atoms with Gasteiger partial charge in [-0.1, -0.05) is 31.5 Å². The van der Waals surface area contributed by atoms with Crippen molar-refractivity contribution in [3.05, 3.63) is 69.1 Å². The Kier molecular flexibility index (Phi) is 7.09. The van der Waals surface area contributed by atoms with Crippen molar-refractivity contribution in [2.24, 2.45) is 0 Å². The lowest BCUT2D eigenvalue weighted by atomic mass is 10.0. The van der Waals surface area contributed by atoms with Crippen molar-refractivity contribution in [3.8, 4) is 22.7 Å². The van der Waals surface area contributed by atoms with Gasteiger partial charge in [0, 0.05) is 37.4 Å². The summed E-state index contributed by atoms with van der Waals surface area (Å²) in [5.41, 5.74) is 1.52. The summed E-state index contributed by atoms with van der Waals surface area (Å²) in [6.45, 7) is 8.36. The first-order valence-electron chi connectivity index (χ1n) is 12.8. The minimum Gasteiger partial charge on any atom is -0.505 e. The number of fused-ring (bicyclic) bond motifs is 1. The predicted octanol–water partition coefficient (Wildman–Crippen LogP) is 4.96. The van der Waals surface area contributed by atoms with E-state index >= 15 is 4.39 Å². The number of aryl methyl sites for hydroxylation is 1. The Labute approximate surface area is 234 Å². The highest BCUT2D eigenvalue weighted by Crippen LogP contribution is 2.37. The van der Waals surface area contributed by atoms with Crippen molar-refractivity contribution in [2.75, 3.05) is 24.5 Å². The minimum atomic E-state index is -1.02. The number of hydrogen-bond donors (Lipinski definition) is 2. The number of benzene rings is 1. The number of piperazine rings is 1. The van der Waals surface area contributed by atoms with Gasteiger partial charge >= 0.3 is 11.8 Å². The van der Waals surface area contributed by atoms with Crippen LogP contribution in [0.15, 0.2) is 41.3 Å². The number of halogens is 2. The van der Waals surface area contributed by atoms with Crippen molar-refractivity contribution >= 4 is 34.5 Å². The van der Waals surface area contributed by atoms with Crippen LogP contribution >= 0.6 is 11.6 Å². The highest BCUT2D eigenvalue weighted by molar-refractivity contribution is 6.33. The average molecular weight is 567 g/mol. The van der Waals surface area contributed by atoms with Gasteiger partial charge in [-0.25, -0.2) is 23.5 Å². The molecule has 1 fully saturated rings. The van der Waals surface area contributed by atoms with Gasteiger partial charge in [0.05, 0.1) is 27.5 Å². The zero-order valence-electron chi connectivity index (χ0n) is 22.4. The lowest BCUT2D eigenvalue weighted by Crippen LogP contribution is -2.54. The summed E-state index contributed by atoms with van der Waals surface area (Å²) in [7, 11) is 0. The minimum absolute atomic E-state index is 0.0281. The second kappa shape index (κ2) is 10.4. The van der Waals surface area contributed by atoms with E-state index in [0.717, 1.165) is 5.56 Å². The maximum atomic E-state index is 15.0. The first-order chi connectivity index (χ1) is 19.0. The molecule has 3 aromatic heterocycles. The number of carboxylic acid groups (broad SMARTS) is 1. The molecule has 0 spiro atoms. The number of phenols is 1. The summed E-state index contributed by atoms with van der Waals surface area (Å²) in [6.07, 6.45) is 0.653. The third-order valence-corrected chi connectivity index (χ3v) is 7.42. The molecule has 2 N–H and O–H groups in total. The Morgan fingerprint density at radius 2 is 1.95 bits per heavy atom. The van der Waals surface area contributed by atoms with E-state index in [4.69, 9.17) is 16.6 Å². The molecule has 1 saturated heterocycles. The van der Waals surface area contributed by atoms with Crippen LogP contribution in [0.5, 0.6) is 5.75 Å². The molecule has 10 nitrogen and oxygen atoms in total. The molecule has 1 aliphatic rings. The molecule has 0 unspecified atom stereocenters. The molecule has 208 valence electrons. The van der Waals surface area contributed by atoms with Gasteiger partial charge in [0.2, 0.25) is 0 Å². The number of aromatic hydroxyl groups is 1. The quantitative estimate of drug-likeness (QED) is 0.355. The molecule has 1 aromatic carbocycles. The zero-order chi connectivity index (χ0) is 28.9. The fraction of sp³-hybridized carbons (Fsp3) is 0.321. The zero-order valence-corrected chi connectivity index (χ0v) is 23.1. The second-order valence-electron chi connectivity index (χ2n) is 10.2. The van der Waals surface area contributed by atoms with Gasteiger partial charge in [-0.05, 0) is 49.6 Å². The van der Waals surface area contributed by atoms with Crippen LogP contribution in [0.3, 0.4) is 0 Å². The van der Waals surface area contributed by atoms with Crippen molar-refractivity contribution in [2.45, 2.75) is 39.7 Å². The van der Waals surface area contributed by atoms with Crippen molar-refractivity contribution in [3.63, 3.8) is 0 Å². The molecule has 0 aliphatic carbocycles. The molecule has 4 heterocycles. The number of nitrogens with zero attached hydrogens (tertiary/aromatic N) is 6. The molecule has 12 heteroatoms. The van der Waals surface area contributed by atoms with Gasteiger partial charge in [-0.3, -0.25) is 4.98 Å². The second-order valence-corrected chi connectivity index (χ2v) is 10.6. The SMILES string of the molecule is Cc1ccnc(C(C)C)c1-n1c(=O)nc(N2CCN(C(=O)O)C[C@@H]2C)c2cc(Cl)c(-c3cccc(O)c3F)nc21. The van der Waals surface area contributed by atoms with E-state index in [2.05, 4.69) is 9.97 Å². The summed E-state index contributed by atoms with van der Waals surface area (Å²) in [4.78, 5) is 42.3. The maximum Gasteiger partial charge on any atom is 0.407 e. The number of anilines is 1. The Hall–Kier alpha value is -4.25. The standard InChI is InChI=1S/C28H28ClFN6O4/c1-14(2)22-24(15(3)8-9-31-22)36-26-18(12-19(29)23(32-26)17-6-5-7-20(37)21(17)30)25(33-27(36)38)35-11-10-34(28(39)40)13-16(35)4/h5-9,12,14,16,37H,10-11,13H2,1-4H3,(H,39,40)/t16-/m0/s1. The topological polar surface area (TPSA) is 125 Å². The van der Waals surface area contributed by atoms with E-state index in [9.17, 15) is 19.8 Å². The van der Waals surface area contributed by atoms with Crippen LogP contribution in [-0.4, -0.2) is 66.4 Å². The molecule has 40 heavy (non-hydrogen) atoms. The van der Waals surface area contributed by atoms with E-state index in [1.807, 2.05) is 32.6 Å². The third-order valence-electron chi connectivity index (χ3n) is 7.13. The molecule has 1 aliphatic heterocycles. The Morgan fingerprint density at radius 3 is 2.62 bits per heavy atom. The van der Waals surface area contributed by atoms with E-state index in [1.54, 1.807) is 18.3 Å². The van der Waals surface area contributed by atoms with E-state index in [-0.39, 0.29) is 47.0 Å². The molecule has 0 saturated carbocycles. The highest BCUT2D eigenvalue weighted by Gasteiger charge is 2.31. The number of amides is 1. The highest BCUT2D eigenvalue weighted by atomic mass is 35.5. The number of phenolic OH excluding ortho intramolecular Hbond substituents is 1. The first kappa shape index (κ1) is 27.3. The van der Waals surface area contributed by atoms with E-state index in [1.165, 1.54) is 27.7 Å². The van der Waals surface area contributed by atoms with Gasteiger partial charge in [-0.2, -0.15) is 4.98 Å². The average Bonchev–Trinajstić information content (AvgIpc) is 2.90. The fourth-order valence-electron chi connectivity index (χ4n) is 5.15. The fourth-order valence-corrected chi connectivity index (χ4v) is 5.40. The van der Waals surface area contributed by atoms with Crippen LogP contribution in [0.2, 0.25) is 5.02 Å². The smallest absolute Gasteiger partial charge is 0.407 e. The van der Waals surface area contributed by atoms with Crippen LogP contribution in [0.25, 0.3) is 28.0 Å². The Bertz CT molecular complexity index is 1710. The molecule has 1 amide bonds. The largest absolute Gasteiger partial charge is 0.505 e. The van der Waals surface area contributed by atoms with E-state index in [0.29, 0.717) is 29.1 Å². The number of carbonyl (C=O) groups is 1. The summed E-state index contributed by atoms with van der Waals surface area (Å²) in [6, 6.07) is 7.21. The Morgan fingerprint density at radius 1 is 1.20 bits per heavy atom. The molecule has 4 aromatic rings. The lowest BCUT2D eigenvalue weighted by molar-refractivity contribution is 0.136. The van der Waals surface area contributed by atoms with Gasteiger partial charge in [-0.15, -0.1) is 0 Å². The van der Waals surface area contributed by atoms with E-state index < -0.39 is 23.3 Å². The molecular weight excluding hydrogens is 539 g/mol. The normalized spacial score (nSPS) is 15.7. The van der Waals surface area contributed by atoms with Crippen LogP contribution in [0.1, 0.15) is 37.9 Å². The van der Waals surface area contributed by atoms with Crippen LogP contribution < -0.4 is 10.6 Å². The summed E-state index contributed by atoms with van der Waals surface area (Å²) >= 11 is 6.68. The monoisotopic (exact) mass is 566 g/mol. The van der Waals surface area contributed by atoms with Gasteiger partial charge in [0.25, 0.3) is 0 Å². The maximum absolute atomic E-state index is 15.0. The predicted molar refractivity (Wildman–Crippen MR) is 150 cm³/mol. The van der Waals surface area contributed by atoms with Crippen LogP contribution in [0.4, 0.5) is 15.0 Å². The van der Waals surface area contributed by atoms with Crippen molar-refractivity contribution in [1.82, 2.24) is 24.4 Å². The van der Waals surface area contributed by atoms with Gasteiger partial charge in [0.1, 0.15) is 5.82 Å². The lowest BCUT2D eigenvalue weighted by Gasteiger charge is -2.39. The Balaban J connectivity index is 1.85. The van der Waals surface area contributed by atoms with Crippen molar-refractivity contribution < 1.29 is 19.4 Å². The summed E-state index contributed by atoms with van der Waals surface area (Å²) < 4.78 is 16.4. The van der Waals surface area contributed by atoms with Crippen LogP contribution in [0, 0.1) is 12.7 Å². The number of rotatable bonds is 4. The molecule has 1 atom stereocenters. The molecule has 0 bridgehead atoms. The molecule has 5 rings (SSSR count). The third kappa shape index (κ3) is 4.60. The molecular formula is C28H28ClFN6O4. The number of hydrogen-bond acceptors (Lipinski definition) is 7. The van der Waals surface area contributed by atoms with Crippen molar-refractivity contribution in [1.29, 1.82) is 0 Å². The first-order valence-corrected chi connectivity index (χ1v) is 13.2. The van der Waals surface area contributed by atoms with Gasteiger partial charge < -0.3 is 20.0 Å². The summed E-state index contributed by atoms with van der Waals surface area (Å²) in [5, 5.41) is 20.0. The summed E-state index contributed by atoms with van der Waals surface area (Å²) in [5.74, 6) is -1.19.